The van der Waals surface area contributed by atoms with Crippen molar-refractivity contribution in [2.75, 3.05) is 18.6 Å². The molecule has 1 aromatic carbocycles. The molecule has 0 fully saturated rings. The minimum Gasteiger partial charge on any atom is -0.394 e. The summed E-state index contributed by atoms with van der Waals surface area (Å²) in [6, 6.07) is 4.28. The second-order valence-corrected chi connectivity index (χ2v) is 4.13. The van der Waals surface area contributed by atoms with Crippen LogP contribution < -0.4 is 10.6 Å². The topological polar surface area (TPSA) is 49.5 Å². The largest absolute Gasteiger partial charge is 0.394 e. The molecule has 0 saturated carbocycles. The molecule has 2 atom stereocenters. The van der Waals surface area contributed by atoms with E-state index >= 15 is 0 Å². The second-order valence-electron chi connectivity index (χ2n) is 4.13. The molecule has 0 saturated heterocycles. The molecular formula is C12H19FN2O. The van der Waals surface area contributed by atoms with E-state index in [1.165, 1.54) is 12.1 Å². The van der Waals surface area contributed by atoms with Crippen LogP contribution in [0.3, 0.4) is 0 Å². The highest BCUT2D eigenvalue weighted by Crippen LogP contribution is 2.26. The smallest absolute Gasteiger partial charge is 0.123 e. The molecular weight excluding hydrogens is 207 g/mol. The molecule has 90 valence electrons. The number of halogens is 1. The van der Waals surface area contributed by atoms with Crippen LogP contribution in [-0.4, -0.2) is 24.8 Å². The molecule has 4 heteroatoms. The Kier molecular flexibility index (Phi) is 4.26. The third-order valence-electron chi connectivity index (χ3n) is 2.79. The zero-order valence-corrected chi connectivity index (χ0v) is 9.94. The summed E-state index contributed by atoms with van der Waals surface area (Å²) in [5.41, 5.74) is 7.42. The van der Waals surface area contributed by atoms with E-state index in [9.17, 15) is 4.39 Å². The molecule has 3 N–H and O–H groups in total. The quantitative estimate of drug-likeness (QED) is 0.821. The van der Waals surface area contributed by atoms with Gasteiger partial charge in [-0.2, -0.15) is 0 Å². The average molecular weight is 226 g/mol. The molecule has 0 aliphatic heterocycles. The predicted molar refractivity (Wildman–Crippen MR) is 64.0 cm³/mol. The number of anilines is 1. The van der Waals surface area contributed by atoms with E-state index in [2.05, 4.69) is 0 Å². The molecule has 0 amide bonds. The van der Waals surface area contributed by atoms with Crippen LogP contribution in [-0.2, 0) is 0 Å². The fourth-order valence-electron chi connectivity index (χ4n) is 1.57. The van der Waals surface area contributed by atoms with Gasteiger partial charge in [0.05, 0.1) is 6.61 Å². The van der Waals surface area contributed by atoms with Crippen LogP contribution in [0.1, 0.15) is 25.5 Å². The number of aliphatic hydroxyl groups is 1. The van der Waals surface area contributed by atoms with E-state index in [0.29, 0.717) is 0 Å². The van der Waals surface area contributed by atoms with Gasteiger partial charge in [-0.15, -0.1) is 0 Å². The summed E-state index contributed by atoms with van der Waals surface area (Å²) in [6.45, 7) is 3.76. The highest BCUT2D eigenvalue weighted by molar-refractivity contribution is 5.55. The first-order valence-corrected chi connectivity index (χ1v) is 5.36. The molecule has 0 radical (unpaired) electrons. The number of benzene rings is 1. The molecule has 3 nitrogen and oxygen atoms in total. The fourth-order valence-corrected chi connectivity index (χ4v) is 1.57. The minimum absolute atomic E-state index is 0.0250. The van der Waals surface area contributed by atoms with E-state index in [0.717, 1.165) is 11.3 Å². The molecule has 1 aromatic rings. The number of nitrogens with zero attached hydrogens (tertiary/aromatic N) is 1. The lowest BCUT2D eigenvalue weighted by Crippen LogP contribution is -2.33. The van der Waals surface area contributed by atoms with E-state index in [4.69, 9.17) is 10.8 Å². The molecule has 2 unspecified atom stereocenters. The van der Waals surface area contributed by atoms with E-state index in [-0.39, 0.29) is 24.5 Å². The lowest BCUT2D eigenvalue weighted by Gasteiger charge is -2.28. The summed E-state index contributed by atoms with van der Waals surface area (Å²) in [5, 5.41) is 9.10. The summed E-state index contributed by atoms with van der Waals surface area (Å²) in [5.74, 6) is -0.291. The van der Waals surface area contributed by atoms with Crippen molar-refractivity contribution in [1.29, 1.82) is 0 Å². The summed E-state index contributed by atoms with van der Waals surface area (Å²) >= 11 is 0. The molecule has 1 rings (SSSR count). The summed E-state index contributed by atoms with van der Waals surface area (Å²) in [7, 11) is 1.86. The normalized spacial score (nSPS) is 14.6. The fraction of sp³-hybridized carbons (Fsp3) is 0.500. The highest BCUT2D eigenvalue weighted by Gasteiger charge is 2.15. The number of hydrogen-bond acceptors (Lipinski definition) is 3. The monoisotopic (exact) mass is 226 g/mol. The zero-order chi connectivity index (χ0) is 12.3. The van der Waals surface area contributed by atoms with Crippen LogP contribution in [0.25, 0.3) is 0 Å². The first-order chi connectivity index (χ1) is 7.47. The SMILES string of the molecule is CC(N)c1cc(F)ccc1N(C)C(C)CO. The van der Waals surface area contributed by atoms with Gasteiger partial charge in [0.1, 0.15) is 5.82 Å². The number of nitrogens with two attached hydrogens (primary N) is 1. The predicted octanol–water partition coefficient (Wildman–Crippen LogP) is 1.66. The van der Waals surface area contributed by atoms with Crippen molar-refractivity contribution in [2.45, 2.75) is 25.9 Å². The van der Waals surface area contributed by atoms with Gasteiger partial charge < -0.3 is 15.7 Å². The molecule has 0 bridgehead atoms. The number of likely N-dealkylation sites (N-methyl/N-ethyl adjacent to an activating group) is 1. The van der Waals surface area contributed by atoms with Crippen molar-refractivity contribution in [3.05, 3.63) is 29.6 Å². The lowest BCUT2D eigenvalue weighted by molar-refractivity contribution is 0.270. The van der Waals surface area contributed by atoms with Crippen molar-refractivity contribution >= 4 is 5.69 Å². The van der Waals surface area contributed by atoms with Crippen molar-refractivity contribution in [3.63, 3.8) is 0 Å². The maximum atomic E-state index is 13.1. The zero-order valence-electron chi connectivity index (χ0n) is 9.94. The molecule has 0 aliphatic carbocycles. The Labute approximate surface area is 95.7 Å². The maximum absolute atomic E-state index is 13.1. The third-order valence-corrected chi connectivity index (χ3v) is 2.79. The molecule has 16 heavy (non-hydrogen) atoms. The van der Waals surface area contributed by atoms with Crippen LogP contribution >= 0.6 is 0 Å². The van der Waals surface area contributed by atoms with E-state index in [1.54, 1.807) is 6.07 Å². The van der Waals surface area contributed by atoms with Crippen LogP contribution in [0.2, 0.25) is 0 Å². The Hall–Kier alpha value is -1.13. The van der Waals surface area contributed by atoms with Gasteiger partial charge in [0.2, 0.25) is 0 Å². The maximum Gasteiger partial charge on any atom is 0.123 e. The summed E-state index contributed by atoms with van der Waals surface area (Å²) in [6.07, 6.45) is 0. The van der Waals surface area contributed by atoms with Gasteiger partial charge in [-0.05, 0) is 37.6 Å². The van der Waals surface area contributed by atoms with Crippen LogP contribution in [0.4, 0.5) is 10.1 Å². The Bertz CT molecular complexity index is 355. The van der Waals surface area contributed by atoms with Crippen molar-refractivity contribution in [3.8, 4) is 0 Å². The van der Waals surface area contributed by atoms with E-state index in [1.807, 2.05) is 25.8 Å². The molecule has 0 aromatic heterocycles. The van der Waals surface area contributed by atoms with Crippen LogP contribution in [0.15, 0.2) is 18.2 Å². The Morgan fingerprint density at radius 1 is 1.44 bits per heavy atom. The Morgan fingerprint density at radius 2 is 2.06 bits per heavy atom. The van der Waals surface area contributed by atoms with E-state index < -0.39 is 0 Å². The van der Waals surface area contributed by atoms with Gasteiger partial charge in [0.25, 0.3) is 0 Å². The van der Waals surface area contributed by atoms with Crippen molar-refractivity contribution < 1.29 is 9.50 Å². The number of aliphatic hydroxyl groups excluding tert-OH is 1. The van der Waals surface area contributed by atoms with Gasteiger partial charge in [-0.25, -0.2) is 4.39 Å². The first-order valence-electron chi connectivity index (χ1n) is 5.36. The minimum atomic E-state index is -0.291. The lowest BCUT2D eigenvalue weighted by atomic mass is 10.0. The molecule has 0 aliphatic rings. The molecule has 0 heterocycles. The number of rotatable bonds is 4. The second kappa shape index (κ2) is 5.27. The third kappa shape index (κ3) is 2.71. The van der Waals surface area contributed by atoms with Gasteiger partial charge in [-0.3, -0.25) is 0 Å². The first kappa shape index (κ1) is 12.9. The number of hydrogen-bond donors (Lipinski definition) is 2. The van der Waals surface area contributed by atoms with Crippen LogP contribution in [0.5, 0.6) is 0 Å². The van der Waals surface area contributed by atoms with Crippen molar-refractivity contribution in [1.82, 2.24) is 0 Å². The standard InChI is InChI=1S/C12H19FN2O/c1-8(7-16)15(3)12-5-4-10(13)6-11(12)9(2)14/h4-6,8-9,16H,7,14H2,1-3H3. The molecule has 0 spiro atoms. The van der Waals surface area contributed by atoms with Gasteiger partial charge in [0, 0.05) is 24.8 Å². The summed E-state index contributed by atoms with van der Waals surface area (Å²) in [4.78, 5) is 1.90. The van der Waals surface area contributed by atoms with Crippen LogP contribution in [0, 0.1) is 5.82 Å². The van der Waals surface area contributed by atoms with Gasteiger partial charge >= 0.3 is 0 Å². The van der Waals surface area contributed by atoms with Gasteiger partial charge in [0.15, 0.2) is 0 Å². The Morgan fingerprint density at radius 3 is 2.56 bits per heavy atom. The average Bonchev–Trinajstić information content (AvgIpc) is 2.26. The van der Waals surface area contributed by atoms with Gasteiger partial charge in [-0.1, -0.05) is 0 Å². The highest BCUT2D eigenvalue weighted by atomic mass is 19.1. The summed E-state index contributed by atoms with van der Waals surface area (Å²) < 4.78 is 13.1. The van der Waals surface area contributed by atoms with Crippen molar-refractivity contribution in [2.24, 2.45) is 5.73 Å². The Balaban J connectivity index is 3.12.